The van der Waals surface area contributed by atoms with Crippen molar-refractivity contribution in [1.29, 1.82) is 0 Å². The summed E-state index contributed by atoms with van der Waals surface area (Å²) in [5.41, 5.74) is 0. The highest BCUT2D eigenvalue weighted by atomic mass is 35.5. The number of carbonyl (C=O) groups is 2. The van der Waals surface area contributed by atoms with Gasteiger partial charge in [0.25, 0.3) is 5.91 Å². The molecule has 120 valence electrons. The highest BCUT2D eigenvalue weighted by Crippen LogP contribution is 2.36. The number of rotatable bonds is 4. The van der Waals surface area contributed by atoms with Crippen LogP contribution in [0.3, 0.4) is 0 Å². The van der Waals surface area contributed by atoms with Crippen molar-refractivity contribution in [2.45, 2.75) is 49.3 Å². The monoisotopic (exact) mass is 322 g/mol. The van der Waals surface area contributed by atoms with Crippen LogP contribution in [-0.2, 0) is 14.3 Å². The molecule has 3 amide bonds. The number of halogens is 1. The Morgan fingerprint density at radius 2 is 2.24 bits per heavy atom. The molecule has 0 aromatic heterocycles. The molecule has 0 bridgehead atoms. The molecule has 5 unspecified atom stereocenters. The fourth-order valence-electron chi connectivity index (χ4n) is 2.67. The summed E-state index contributed by atoms with van der Waals surface area (Å²) in [5, 5.41) is 21.1. The molecule has 0 saturated carbocycles. The Labute approximate surface area is 126 Å². The van der Waals surface area contributed by atoms with Gasteiger partial charge in [-0.3, -0.25) is 15.0 Å². The molecule has 9 heteroatoms. The fraction of sp³-hybridized carbons (Fsp3) is 0.833. The van der Waals surface area contributed by atoms with Gasteiger partial charge in [0.1, 0.15) is 12.3 Å². The molecular formula is C12H19ClN2O6. The van der Waals surface area contributed by atoms with Crippen LogP contribution in [-0.4, -0.2) is 70.3 Å². The van der Waals surface area contributed by atoms with Crippen molar-refractivity contribution in [3.63, 3.8) is 0 Å². The largest absolute Gasteiger partial charge is 0.394 e. The summed E-state index contributed by atoms with van der Waals surface area (Å²) in [5.74, 6) is -0.628. The molecule has 2 saturated heterocycles. The Bertz CT molecular complexity index is 436. The zero-order valence-corrected chi connectivity index (χ0v) is 12.5. The van der Waals surface area contributed by atoms with Gasteiger partial charge < -0.3 is 19.7 Å². The Morgan fingerprint density at radius 3 is 2.71 bits per heavy atom. The van der Waals surface area contributed by atoms with E-state index < -0.39 is 41.5 Å². The van der Waals surface area contributed by atoms with Gasteiger partial charge in [-0.15, -0.1) is 11.6 Å². The van der Waals surface area contributed by atoms with E-state index in [1.54, 1.807) is 6.92 Å². The third-order valence-electron chi connectivity index (χ3n) is 3.91. The van der Waals surface area contributed by atoms with Crippen molar-refractivity contribution in [2.75, 3.05) is 13.7 Å². The van der Waals surface area contributed by atoms with Gasteiger partial charge in [-0.05, 0) is 6.42 Å². The molecule has 2 heterocycles. The van der Waals surface area contributed by atoms with Crippen molar-refractivity contribution in [3.05, 3.63) is 0 Å². The van der Waals surface area contributed by atoms with Gasteiger partial charge in [-0.1, -0.05) is 6.92 Å². The van der Waals surface area contributed by atoms with Crippen LogP contribution in [0.25, 0.3) is 0 Å². The number of alkyl halides is 1. The van der Waals surface area contributed by atoms with Gasteiger partial charge in [0.2, 0.25) is 0 Å². The predicted octanol–water partition coefficient (Wildman–Crippen LogP) is -0.634. The summed E-state index contributed by atoms with van der Waals surface area (Å²) in [4.78, 5) is 23.8. The van der Waals surface area contributed by atoms with E-state index in [1.807, 2.05) is 0 Å². The molecule has 0 aromatic carbocycles. The van der Waals surface area contributed by atoms with Crippen molar-refractivity contribution in [1.82, 2.24) is 10.2 Å². The molecule has 21 heavy (non-hydrogen) atoms. The quantitative estimate of drug-likeness (QED) is 0.595. The molecule has 2 aliphatic heterocycles. The number of urea groups is 1. The number of methoxy groups -OCH3 is 1. The number of nitrogens with one attached hydrogen (secondary N) is 1. The summed E-state index contributed by atoms with van der Waals surface area (Å²) in [6.07, 6.45) is -3.22. The summed E-state index contributed by atoms with van der Waals surface area (Å²) < 4.78 is 10.7. The Morgan fingerprint density at radius 1 is 1.57 bits per heavy atom. The van der Waals surface area contributed by atoms with Gasteiger partial charge in [-0.25, -0.2) is 4.79 Å². The van der Waals surface area contributed by atoms with Crippen LogP contribution >= 0.6 is 11.6 Å². The number of nitrogens with zero attached hydrogens (tertiary/aromatic N) is 1. The number of ether oxygens (including phenoxy) is 2. The maximum atomic E-state index is 12.1. The zero-order valence-electron chi connectivity index (χ0n) is 11.8. The molecule has 0 aromatic rings. The standard InChI is InChI=1S/C12H19ClN2O6/c1-3-12(13)9(18)14-11(19)15(10(12)20-2)8-4-6(17)7(5-16)21-8/h6-8,10,16-17H,3-5H2,1-2H3,(H,14,18,19). The number of hydrogen-bond acceptors (Lipinski definition) is 6. The highest BCUT2D eigenvalue weighted by Gasteiger charge is 2.56. The SMILES string of the molecule is CCC1(Cl)C(=O)NC(=O)N(C2CC(O)C(CO)O2)C1OC. The van der Waals surface area contributed by atoms with E-state index in [-0.39, 0.29) is 19.4 Å². The van der Waals surface area contributed by atoms with Gasteiger partial charge in [0.05, 0.1) is 12.7 Å². The molecule has 0 aliphatic carbocycles. The normalized spacial score (nSPS) is 40.5. The number of imide groups is 1. The molecule has 2 fully saturated rings. The summed E-state index contributed by atoms with van der Waals surface area (Å²) in [6.45, 7) is 1.33. The van der Waals surface area contributed by atoms with Crippen LogP contribution < -0.4 is 5.32 Å². The molecule has 8 nitrogen and oxygen atoms in total. The van der Waals surface area contributed by atoms with E-state index in [9.17, 15) is 14.7 Å². The van der Waals surface area contributed by atoms with Crippen molar-refractivity contribution < 1.29 is 29.3 Å². The van der Waals surface area contributed by atoms with Crippen LogP contribution in [0.2, 0.25) is 0 Å². The minimum absolute atomic E-state index is 0.101. The van der Waals surface area contributed by atoms with Crippen LogP contribution in [0, 0.1) is 0 Å². The van der Waals surface area contributed by atoms with Crippen LogP contribution in [0.4, 0.5) is 4.79 Å². The third-order valence-corrected chi connectivity index (χ3v) is 4.53. The van der Waals surface area contributed by atoms with Gasteiger partial charge in [-0.2, -0.15) is 0 Å². The molecule has 0 radical (unpaired) electrons. The van der Waals surface area contributed by atoms with Crippen molar-refractivity contribution in [2.24, 2.45) is 0 Å². The maximum Gasteiger partial charge on any atom is 0.328 e. The van der Waals surface area contributed by atoms with Gasteiger partial charge >= 0.3 is 6.03 Å². The number of aliphatic hydroxyl groups excluding tert-OH is 2. The smallest absolute Gasteiger partial charge is 0.328 e. The lowest BCUT2D eigenvalue weighted by molar-refractivity contribution is -0.157. The molecule has 2 rings (SSSR count). The van der Waals surface area contributed by atoms with Crippen molar-refractivity contribution in [3.8, 4) is 0 Å². The molecule has 2 aliphatic rings. The van der Waals surface area contributed by atoms with Crippen LogP contribution in [0.1, 0.15) is 19.8 Å². The number of carbonyl (C=O) groups excluding carboxylic acids is 2. The first-order valence-electron chi connectivity index (χ1n) is 6.68. The minimum Gasteiger partial charge on any atom is -0.394 e. The second-order valence-electron chi connectivity index (χ2n) is 5.09. The van der Waals surface area contributed by atoms with Crippen LogP contribution in [0.15, 0.2) is 0 Å². The van der Waals surface area contributed by atoms with Gasteiger partial charge in [0.15, 0.2) is 11.1 Å². The molecular weight excluding hydrogens is 304 g/mol. The summed E-state index contributed by atoms with van der Waals surface area (Å²) in [6, 6.07) is -0.702. The Kier molecular flexibility index (Phi) is 4.74. The van der Waals surface area contributed by atoms with E-state index in [4.69, 9.17) is 26.2 Å². The topological polar surface area (TPSA) is 108 Å². The second kappa shape index (κ2) is 6.05. The average Bonchev–Trinajstić information content (AvgIpc) is 2.82. The fourth-order valence-corrected chi connectivity index (χ4v) is 2.91. The predicted molar refractivity (Wildman–Crippen MR) is 71.4 cm³/mol. The molecule has 3 N–H and O–H groups in total. The van der Waals surface area contributed by atoms with E-state index in [0.717, 1.165) is 4.90 Å². The Hall–Kier alpha value is -0.930. The van der Waals surface area contributed by atoms with Crippen molar-refractivity contribution >= 4 is 23.5 Å². The maximum absolute atomic E-state index is 12.1. The first-order valence-corrected chi connectivity index (χ1v) is 7.06. The third kappa shape index (κ3) is 2.62. The first-order chi connectivity index (χ1) is 9.88. The number of amides is 3. The lowest BCUT2D eigenvalue weighted by Crippen LogP contribution is -2.70. The first kappa shape index (κ1) is 16.4. The number of aliphatic hydroxyl groups is 2. The summed E-state index contributed by atoms with van der Waals surface area (Å²) in [7, 11) is 1.34. The second-order valence-corrected chi connectivity index (χ2v) is 5.76. The minimum atomic E-state index is -1.44. The van der Waals surface area contributed by atoms with E-state index in [2.05, 4.69) is 5.32 Å². The average molecular weight is 323 g/mol. The van der Waals surface area contributed by atoms with E-state index in [0.29, 0.717) is 0 Å². The molecule has 0 spiro atoms. The Balaban J connectivity index is 2.28. The molecule has 5 atom stereocenters. The summed E-state index contributed by atoms with van der Waals surface area (Å²) >= 11 is 6.32. The lowest BCUT2D eigenvalue weighted by atomic mass is 9.98. The van der Waals surface area contributed by atoms with E-state index in [1.165, 1.54) is 7.11 Å². The van der Waals surface area contributed by atoms with E-state index >= 15 is 0 Å². The zero-order chi connectivity index (χ0) is 15.8. The lowest BCUT2D eigenvalue weighted by Gasteiger charge is -2.45. The van der Waals surface area contributed by atoms with Crippen LogP contribution in [0.5, 0.6) is 0 Å². The highest BCUT2D eigenvalue weighted by molar-refractivity contribution is 6.37. The van der Waals surface area contributed by atoms with Gasteiger partial charge in [0, 0.05) is 13.5 Å². The number of hydrogen-bond donors (Lipinski definition) is 3.